The molecule has 1 unspecified atom stereocenters. The Morgan fingerprint density at radius 3 is 2.34 bits per heavy atom. The average Bonchev–Trinajstić information content (AvgIpc) is 3.30. The summed E-state index contributed by atoms with van der Waals surface area (Å²) in [5.74, 6) is -0.367. The van der Waals surface area contributed by atoms with Crippen LogP contribution in [0.15, 0.2) is 54.6 Å². The van der Waals surface area contributed by atoms with E-state index in [1.807, 2.05) is 30.3 Å². The molecule has 0 spiro atoms. The molecule has 170 valence electrons. The Labute approximate surface area is 187 Å². The van der Waals surface area contributed by atoms with Crippen LogP contribution >= 0.6 is 0 Å². The summed E-state index contributed by atoms with van der Waals surface area (Å²) in [6.45, 7) is 1.92. The van der Waals surface area contributed by atoms with Crippen LogP contribution in [0.5, 0.6) is 11.5 Å². The van der Waals surface area contributed by atoms with Crippen molar-refractivity contribution in [2.45, 2.75) is 44.8 Å². The fraction of sp³-hybridized carbons (Fsp3) is 0.375. The van der Waals surface area contributed by atoms with Crippen molar-refractivity contribution >= 4 is 17.9 Å². The molecule has 0 aromatic heterocycles. The Hall–Kier alpha value is -3.55. The predicted molar refractivity (Wildman–Crippen MR) is 118 cm³/mol. The third-order valence-electron chi connectivity index (χ3n) is 5.04. The topological polar surface area (TPSA) is 103 Å². The Bertz CT molecular complexity index is 912. The van der Waals surface area contributed by atoms with E-state index in [9.17, 15) is 14.4 Å². The van der Waals surface area contributed by atoms with E-state index in [1.165, 1.54) is 6.92 Å². The molecule has 8 nitrogen and oxygen atoms in total. The number of urea groups is 1. The fourth-order valence-electron chi connectivity index (χ4n) is 3.37. The molecule has 1 aliphatic rings. The molecule has 2 aromatic carbocycles. The zero-order valence-electron chi connectivity index (χ0n) is 18.0. The highest BCUT2D eigenvalue weighted by Crippen LogP contribution is 2.20. The number of benzene rings is 2. The first-order valence-electron chi connectivity index (χ1n) is 10.7. The van der Waals surface area contributed by atoms with Gasteiger partial charge in [0.25, 0.3) is 5.91 Å². The van der Waals surface area contributed by atoms with E-state index in [4.69, 9.17) is 14.2 Å². The summed E-state index contributed by atoms with van der Waals surface area (Å²) in [6.07, 6.45) is 2.78. The van der Waals surface area contributed by atoms with Gasteiger partial charge >= 0.3 is 12.0 Å². The van der Waals surface area contributed by atoms with Crippen LogP contribution in [0.1, 0.15) is 43.0 Å². The first-order valence-corrected chi connectivity index (χ1v) is 10.7. The number of para-hydroxylation sites is 2. The van der Waals surface area contributed by atoms with E-state index < -0.39 is 24.0 Å². The number of hydrogen-bond donors (Lipinski definition) is 2. The second-order valence-corrected chi connectivity index (χ2v) is 7.50. The largest absolute Gasteiger partial charge is 0.490 e. The first-order chi connectivity index (χ1) is 15.5. The monoisotopic (exact) mass is 440 g/mol. The molecule has 3 amide bonds. The number of ether oxygens (including phenoxy) is 3. The van der Waals surface area contributed by atoms with Gasteiger partial charge in [0.2, 0.25) is 0 Å². The highest BCUT2D eigenvalue weighted by atomic mass is 16.6. The number of nitrogens with one attached hydrogen (secondary N) is 2. The van der Waals surface area contributed by atoms with E-state index in [1.54, 1.807) is 24.3 Å². The van der Waals surface area contributed by atoms with Crippen LogP contribution in [0.25, 0.3) is 0 Å². The van der Waals surface area contributed by atoms with Gasteiger partial charge in [-0.3, -0.25) is 10.1 Å². The summed E-state index contributed by atoms with van der Waals surface area (Å²) < 4.78 is 16.5. The van der Waals surface area contributed by atoms with Crippen LogP contribution in [-0.4, -0.2) is 43.3 Å². The standard InChI is InChI=1S/C24H28N2O6/c1-17(22(27)26-24(29)25-18-9-5-6-10-18)32-23(28)20-13-7-8-14-21(20)31-16-15-30-19-11-3-2-4-12-19/h2-4,7-8,11-14,17-18H,5-6,9-10,15-16H2,1H3,(H2,25,26,27,29). The molecule has 1 aliphatic carbocycles. The Morgan fingerprint density at radius 2 is 1.59 bits per heavy atom. The second-order valence-electron chi connectivity index (χ2n) is 7.50. The molecule has 1 fully saturated rings. The molecular weight excluding hydrogens is 412 g/mol. The maximum atomic E-state index is 12.6. The lowest BCUT2D eigenvalue weighted by atomic mass is 10.2. The molecule has 32 heavy (non-hydrogen) atoms. The SMILES string of the molecule is CC(OC(=O)c1ccccc1OCCOc1ccccc1)C(=O)NC(=O)NC1CCCC1. The van der Waals surface area contributed by atoms with Gasteiger partial charge in [-0.05, 0) is 44.0 Å². The third kappa shape index (κ3) is 7.01. The van der Waals surface area contributed by atoms with E-state index in [0.717, 1.165) is 31.4 Å². The Balaban J connectivity index is 1.47. The van der Waals surface area contributed by atoms with Crippen molar-refractivity contribution in [3.05, 3.63) is 60.2 Å². The third-order valence-corrected chi connectivity index (χ3v) is 5.04. The molecule has 0 aliphatic heterocycles. The number of rotatable bonds is 9. The van der Waals surface area contributed by atoms with Crippen molar-refractivity contribution in [1.29, 1.82) is 0 Å². The lowest BCUT2D eigenvalue weighted by Gasteiger charge is -2.16. The number of esters is 1. The molecule has 0 saturated heterocycles. The van der Waals surface area contributed by atoms with E-state index >= 15 is 0 Å². The van der Waals surface area contributed by atoms with E-state index in [2.05, 4.69) is 10.6 Å². The Morgan fingerprint density at radius 1 is 0.938 bits per heavy atom. The van der Waals surface area contributed by atoms with Gasteiger partial charge in [-0.15, -0.1) is 0 Å². The fourth-order valence-corrected chi connectivity index (χ4v) is 3.37. The summed E-state index contributed by atoms with van der Waals surface area (Å²) in [7, 11) is 0. The van der Waals surface area contributed by atoms with Crippen molar-refractivity contribution in [2.75, 3.05) is 13.2 Å². The molecule has 2 aromatic rings. The van der Waals surface area contributed by atoms with Crippen molar-refractivity contribution in [2.24, 2.45) is 0 Å². The maximum absolute atomic E-state index is 12.6. The summed E-state index contributed by atoms with van der Waals surface area (Å²) in [5, 5.41) is 4.98. The van der Waals surface area contributed by atoms with Crippen molar-refractivity contribution in [3.63, 3.8) is 0 Å². The molecule has 2 N–H and O–H groups in total. The van der Waals surface area contributed by atoms with Crippen LogP contribution in [0.4, 0.5) is 4.79 Å². The van der Waals surface area contributed by atoms with Crippen LogP contribution < -0.4 is 20.1 Å². The van der Waals surface area contributed by atoms with E-state index in [0.29, 0.717) is 12.4 Å². The summed E-state index contributed by atoms with van der Waals surface area (Å²) >= 11 is 0. The minimum Gasteiger partial charge on any atom is -0.490 e. The molecule has 8 heteroatoms. The van der Waals surface area contributed by atoms with E-state index in [-0.39, 0.29) is 18.2 Å². The lowest BCUT2D eigenvalue weighted by Crippen LogP contribution is -2.47. The van der Waals surface area contributed by atoms with Crippen LogP contribution in [0.2, 0.25) is 0 Å². The summed E-state index contributed by atoms with van der Waals surface area (Å²) in [4.78, 5) is 36.8. The molecule has 0 bridgehead atoms. The zero-order valence-corrected chi connectivity index (χ0v) is 18.0. The van der Waals surface area contributed by atoms with Crippen LogP contribution in [0, 0.1) is 0 Å². The summed E-state index contributed by atoms with van der Waals surface area (Å²) in [6, 6.07) is 15.4. The number of carbonyl (C=O) groups excluding carboxylic acids is 3. The van der Waals surface area contributed by atoms with Crippen LogP contribution in [0.3, 0.4) is 0 Å². The maximum Gasteiger partial charge on any atom is 0.342 e. The van der Waals surface area contributed by atoms with Crippen molar-refractivity contribution in [1.82, 2.24) is 10.6 Å². The van der Waals surface area contributed by atoms with Gasteiger partial charge in [-0.2, -0.15) is 0 Å². The second kappa shape index (κ2) is 11.7. The highest BCUT2D eigenvalue weighted by Gasteiger charge is 2.24. The van der Waals surface area contributed by atoms with Gasteiger partial charge in [0.05, 0.1) is 0 Å². The zero-order chi connectivity index (χ0) is 22.8. The Kier molecular flexibility index (Phi) is 8.48. The number of hydrogen-bond acceptors (Lipinski definition) is 6. The quantitative estimate of drug-likeness (QED) is 0.457. The molecular formula is C24H28N2O6. The van der Waals surface area contributed by atoms with Gasteiger partial charge < -0.3 is 19.5 Å². The minimum absolute atomic E-state index is 0.0792. The molecule has 0 radical (unpaired) electrons. The molecule has 0 heterocycles. The molecule has 1 saturated carbocycles. The van der Waals surface area contributed by atoms with Crippen molar-refractivity contribution < 1.29 is 28.6 Å². The lowest BCUT2D eigenvalue weighted by molar-refractivity contribution is -0.127. The van der Waals surface area contributed by atoms with Gasteiger partial charge in [0.15, 0.2) is 6.10 Å². The van der Waals surface area contributed by atoms with Gasteiger partial charge in [-0.1, -0.05) is 43.2 Å². The van der Waals surface area contributed by atoms with Crippen molar-refractivity contribution in [3.8, 4) is 11.5 Å². The van der Waals surface area contributed by atoms with Gasteiger partial charge in [0.1, 0.15) is 30.3 Å². The first kappa shape index (κ1) is 23.1. The normalized spacial score (nSPS) is 14.3. The highest BCUT2D eigenvalue weighted by molar-refractivity contribution is 5.99. The smallest absolute Gasteiger partial charge is 0.342 e. The number of carbonyl (C=O) groups is 3. The number of imide groups is 1. The summed E-state index contributed by atoms with van der Waals surface area (Å²) in [5.41, 5.74) is 0.183. The van der Waals surface area contributed by atoms with Gasteiger partial charge in [-0.25, -0.2) is 9.59 Å². The molecule has 1 atom stereocenters. The predicted octanol–water partition coefficient (Wildman–Crippen LogP) is 3.46. The minimum atomic E-state index is -1.15. The van der Waals surface area contributed by atoms with Crippen LogP contribution in [-0.2, 0) is 9.53 Å². The molecule has 3 rings (SSSR count). The average molecular weight is 440 g/mol. The van der Waals surface area contributed by atoms with Gasteiger partial charge in [0, 0.05) is 6.04 Å². The number of amides is 3.